The van der Waals surface area contributed by atoms with Crippen LogP contribution in [-0.4, -0.2) is 19.2 Å². The Balaban J connectivity index is 1.61. The fourth-order valence-electron chi connectivity index (χ4n) is 2.38. The Morgan fingerprint density at radius 2 is 1.95 bits per heavy atom. The van der Waals surface area contributed by atoms with Crippen molar-refractivity contribution in [1.82, 2.24) is 0 Å². The topological polar surface area (TPSA) is 35.5 Å². The minimum atomic E-state index is -0.403. The molecule has 104 valence electrons. The molecule has 1 aromatic rings. The maximum absolute atomic E-state index is 13.2. The van der Waals surface area contributed by atoms with Crippen LogP contribution in [0.4, 0.5) is 4.39 Å². The molecule has 1 aromatic carbocycles. The Hall–Kier alpha value is -1.58. The molecule has 0 aliphatic heterocycles. The number of esters is 1. The number of hydrogen-bond donors (Lipinski definition) is 0. The zero-order chi connectivity index (χ0) is 13.5. The van der Waals surface area contributed by atoms with Crippen LogP contribution < -0.4 is 4.74 Å². The lowest BCUT2D eigenvalue weighted by Crippen LogP contribution is -2.14. The normalized spacial score (nSPS) is 15.4. The van der Waals surface area contributed by atoms with E-state index in [2.05, 4.69) is 0 Å². The van der Waals surface area contributed by atoms with Gasteiger partial charge >= 0.3 is 5.97 Å². The minimum absolute atomic E-state index is 0.167. The van der Waals surface area contributed by atoms with Gasteiger partial charge in [-0.2, -0.15) is 0 Å². The van der Waals surface area contributed by atoms with Crippen LogP contribution in [0.2, 0.25) is 0 Å². The average Bonchev–Trinajstić information content (AvgIpc) is 2.89. The highest BCUT2D eigenvalue weighted by molar-refractivity contribution is 5.69. The third-order valence-electron chi connectivity index (χ3n) is 3.37. The lowest BCUT2D eigenvalue weighted by atomic mass is 10.1. The first kappa shape index (κ1) is 13.8. The van der Waals surface area contributed by atoms with Crippen molar-refractivity contribution in [2.24, 2.45) is 5.92 Å². The Morgan fingerprint density at radius 1 is 1.21 bits per heavy atom. The van der Waals surface area contributed by atoms with Gasteiger partial charge in [-0.15, -0.1) is 0 Å². The quantitative estimate of drug-likeness (QED) is 0.585. The first-order valence-electron chi connectivity index (χ1n) is 6.78. The van der Waals surface area contributed by atoms with E-state index in [1.807, 2.05) is 0 Å². The highest BCUT2D eigenvalue weighted by Crippen LogP contribution is 2.27. The lowest BCUT2D eigenvalue weighted by Gasteiger charge is -2.10. The van der Waals surface area contributed by atoms with Crippen LogP contribution in [0.25, 0.3) is 0 Å². The van der Waals surface area contributed by atoms with Gasteiger partial charge in [-0.3, -0.25) is 4.79 Å². The summed E-state index contributed by atoms with van der Waals surface area (Å²) in [6.07, 6.45) is 5.18. The first-order chi connectivity index (χ1) is 9.25. The van der Waals surface area contributed by atoms with E-state index in [1.165, 1.54) is 18.9 Å². The smallest absolute Gasteiger partial charge is 0.306 e. The van der Waals surface area contributed by atoms with E-state index in [1.54, 1.807) is 18.2 Å². The van der Waals surface area contributed by atoms with Gasteiger partial charge in [0.25, 0.3) is 0 Å². The molecule has 3 nitrogen and oxygen atoms in total. The van der Waals surface area contributed by atoms with E-state index < -0.39 is 5.82 Å². The molecule has 0 N–H and O–H groups in total. The number of benzene rings is 1. The first-order valence-corrected chi connectivity index (χ1v) is 6.78. The summed E-state index contributed by atoms with van der Waals surface area (Å²) in [5.41, 5.74) is 0. The van der Waals surface area contributed by atoms with E-state index in [9.17, 15) is 9.18 Å². The molecular formula is C15H19FO3. The molecule has 1 saturated carbocycles. The third-order valence-corrected chi connectivity index (χ3v) is 3.37. The van der Waals surface area contributed by atoms with Crippen molar-refractivity contribution in [1.29, 1.82) is 0 Å². The predicted molar refractivity (Wildman–Crippen MR) is 69.4 cm³/mol. The zero-order valence-corrected chi connectivity index (χ0v) is 10.9. The van der Waals surface area contributed by atoms with Crippen LogP contribution in [0, 0.1) is 11.7 Å². The molecule has 0 bridgehead atoms. The molecule has 19 heavy (non-hydrogen) atoms. The second-order valence-corrected chi connectivity index (χ2v) is 4.85. The molecule has 0 radical (unpaired) electrons. The fourth-order valence-corrected chi connectivity index (χ4v) is 2.38. The summed E-state index contributed by atoms with van der Waals surface area (Å²) < 4.78 is 23.5. The minimum Gasteiger partial charge on any atom is -0.487 e. The number of ether oxygens (including phenoxy) is 2. The van der Waals surface area contributed by atoms with E-state index in [0.717, 1.165) is 12.8 Å². The average molecular weight is 266 g/mol. The Kier molecular flexibility index (Phi) is 5.19. The molecule has 0 spiro atoms. The van der Waals surface area contributed by atoms with Crippen molar-refractivity contribution in [2.45, 2.75) is 32.1 Å². The van der Waals surface area contributed by atoms with Gasteiger partial charge in [0, 0.05) is 6.42 Å². The molecular weight excluding hydrogens is 247 g/mol. The van der Waals surface area contributed by atoms with Crippen molar-refractivity contribution in [3.63, 3.8) is 0 Å². The number of halogens is 1. The van der Waals surface area contributed by atoms with E-state index in [-0.39, 0.29) is 24.9 Å². The number of carbonyl (C=O) groups excluding carboxylic acids is 1. The molecule has 1 aliphatic rings. The number of para-hydroxylation sites is 1. The molecule has 2 rings (SSSR count). The monoisotopic (exact) mass is 266 g/mol. The Labute approximate surface area is 112 Å². The maximum Gasteiger partial charge on any atom is 0.306 e. The Morgan fingerprint density at radius 3 is 2.68 bits per heavy atom. The fraction of sp³-hybridized carbons (Fsp3) is 0.533. The van der Waals surface area contributed by atoms with Crippen LogP contribution >= 0.6 is 0 Å². The number of rotatable bonds is 6. The second kappa shape index (κ2) is 7.12. The zero-order valence-electron chi connectivity index (χ0n) is 10.9. The van der Waals surface area contributed by atoms with Crippen molar-refractivity contribution >= 4 is 5.97 Å². The van der Waals surface area contributed by atoms with Crippen LogP contribution in [0.1, 0.15) is 32.1 Å². The van der Waals surface area contributed by atoms with Gasteiger partial charge in [-0.25, -0.2) is 4.39 Å². The van der Waals surface area contributed by atoms with Crippen molar-refractivity contribution in [2.75, 3.05) is 13.2 Å². The molecule has 0 heterocycles. The third kappa shape index (κ3) is 4.54. The number of hydrogen-bond acceptors (Lipinski definition) is 3. The van der Waals surface area contributed by atoms with E-state index >= 15 is 0 Å². The Bertz CT molecular complexity index is 414. The summed E-state index contributed by atoms with van der Waals surface area (Å²) in [6.45, 7) is 0.344. The van der Waals surface area contributed by atoms with Gasteiger partial charge in [-0.05, 0) is 30.9 Å². The summed E-state index contributed by atoms with van der Waals surface area (Å²) in [7, 11) is 0. The molecule has 0 aromatic heterocycles. The van der Waals surface area contributed by atoms with Crippen LogP contribution in [0.15, 0.2) is 24.3 Å². The highest BCUT2D eigenvalue weighted by Gasteiger charge is 2.19. The molecule has 0 amide bonds. The van der Waals surface area contributed by atoms with E-state index in [0.29, 0.717) is 12.3 Å². The van der Waals surface area contributed by atoms with Gasteiger partial charge < -0.3 is 9.47 Å². The molecule has 0 saturated heterocycles. The van der Waals surface area contributed by atoms with Gasteiger partial charge in [0.1, 0.15) is 13.2 Å². The summed E-state index contributed by atoms with van der Waals surface area (Å²) in [5, 5.41) is 0. The summed E-state index contributed by atoms with van der Waals surface area (Å²) >= 11 is 0. The van der Waals surface area contributed by atoms with Gasteiger partial charge in [0.15, 0.2) is 11.6 Å². The maximum atomic E-state index is 13.2. The predicted octanol–water partition coefficient (Wildman–Crippen LogP) is 3.33. The van der Waals surface area contributed by atoms with Gasteiger partial charge in [0.2, 0.25) is 0 Å². The lowest BCUT2D eigenvalue weighted by molar-refractivity contribution is -0.145. The highest BCUT2D eigenvalue weighted by atomic mass is 19.1. The van der Waals surface area contributed by atoms with Crippen molar-refractivity contribution in [3.8, 4) is 5.75 Å². The molecule has 0 unspecified atom stereocenters. The molecule has 0 atom stereocenters. The SMILES string of the molecule is O=C(CC1CCCC1)OCCOc1ccccc1F. The second-order valence-electron chi connectivity index (χ2n) is 4.85. The van der Waals surface area contributed by atoms with Gasteiger partial charge in [-0.1, -0.05) is 25.0 Å². The van der Waals surface area contributed by atoms with E-state index in [4.69, 9.17) is 9.47 Å². The summed E-state index contributed by atoms with van der Waals surface area (Å²) in [4.78, 5) is 11.5. The van der Waals surface area contributed by atoms with Crippen molar-refractivity contribution in [3.05, 3.63) is 30.1 Å². The van der Waals surface area contributed by atoms with Crippen LogP contribution in [-0.2, 0) is 9.53 Å². The van der Waals surface area contributed by atoms with Crippen molar-refractivity contribution < 1.29 is 18.7 Å². The van der Waals surface area contributed by atoms with Crippen LogP contribution in [0.3, 0.4) is 0 Å². The molecule has 1 aliphatic carbocycles. The summed E-state index contributed by atoms with van der Waals surface area (Å²) in [5.74, 6) is 0.0955. The largest absolute Gasteiger partial charge is 0.487 e. The van der Waals surface area contributed by atoms with Crippen LogP contribution in [0.5, 0.6) is 5.75 Å². The molecule has 1 fully saturated rings. The molecule has 4 heteroatoms. The standard InChI is InChI=1S/C15H19FO3/c16-13-7-3-4-8-14(13)18-9-10-19-15(17)11-12-5-1-2-6-12/h3-4,7-8,12H,1-2,5-6,9-11H2. The van der Waals surface area contributed by atoms with Gasteiger partial charge in [0.05, 0.1) is 0 Å². The number of carbonyl (C=O) groups is 1. The summed E-state index contributed by atoms with van der Waals surface area (Å²) in [6, 6.07) is 6.19.